The first-order valence-corrected chi connectivity index (χ1v) is 8.49. The lowest BCUT2D eigenvalue weighted by Gasteiger charge is -2.18. The van der Waals surface area contributed by atoms with Crippen LogP contribution in [0.3, 0.4) is 0 Å². The minimum absolute atomic E-state index is 0.122. The van der Waals surface area contributed by atoms with Gasteiger partial charge in [0.05, 0.1) is 5.69 Å². The smallest absolute Gasteiger partial charge is 0.329 e. The number of hydrogen-bond acceptors (Lipinski definition) is 5. The van der Waals surface area contributed by atoms with Gasteiger partial charge in [-0.15, -0.1) is 0 Å². The highest BCUT2D eigenvalue weighted by molar-refractivity contribution is 6.32. The maximum atomic E-state index is 12.1. The second-order valence-electron chi connectivity index (χ2n) is 5.60. The van der Waals surface area contributed by atoms with E-state index in [0.717, 1.165) is 0 Å². The van der Waals surface area contributed by atoms with Crippen LogP contribution in [0.15, 0.2) is 48.7 Å². The van der Waals surface area contributed by atoms with Gasteiger partial charge in [0.2, 0.25) is 0 Å². The minimum Gasteiger partial charge on any atom is -0.451 e. The molecule has 3 N–H and O–H groups in total. The van der Waals surface area contributed by atoms with Crippen LogP contribution in [0.1, 0.15) is 13.8 Å². The number of ether oxygens (including phenoxy) is 1. The number of amides is 3. The molecule has 2 rings (SSSR count). The molecule has 0 bridgehead atoms. The average Bonchev–Trinajstić information content (AvgIpc) is 2.64. The van der Waals surface area contributed by atoms with Gasteiger partial charge in [-0.25, -0.2) is 14.6 Å². The lowest BCUT2D eigenvalue weighted by atomic mass is 10.3. The first-order chi connectivity index (χ1) is 12.9. The summed E-state index contributed by atoms with van der Waals surface area (Å²) in [6.45, 7) is 2.86. The topological polar surface area (TPSA) is 109 Å². The lowest BCUT2D eigenvalue weighted by molar-refractivity contribution is -0.154. The molecule has 1 aromatic heterocycles. The van der Waals surface area contributed by atoms with Crippen molar-refractivity contribution in [2.75, 3.05) is 10.6 Å². The molecule has 8 nitrogen and oxygen atoms in total. The van der Waals surface area contributed by atoms with Gasteiger partial charge < -0.3 is 20.7 Å². The van der Waals surface area contributed by atoms with Crippen LogP contribution >= 0.6 is 11.6 Å². The fourth-order valence-electron chi connectivity index (χ4n) is 1.99. The third kappa shape index (κ3) is 6.27. The maximum absolute atomic E-state index is 12.1. The minimum atomic E-state index is -1.09. The van der Waals surface area contributed by atoms with Gasteiger partial charge in [0.15, 0.2) is 11.3 Å². The average molecular weight is 391 g/mol. The van der Waals surface area contributed by atoms with Gasteiger partial charge in [-0.3, -0.25) is 4.79 Å². The summed E-state index contributed by atoms with van der Waals surface area (Å²) in [5.74, 6) is -1.32. The lowest BCUT2D eigenvalue weighted by Crippen LogP contribution is -2.44. The van der Waals surface area contributed by atoms with Crippen molar-refractivity contribution in [2.45, 2.75) is 26.0 Å². The second-order valence-corrected chi connectivity index (χ2v) is 5.95. The summed E-state index contributed by atoms with van der Waals surface area (Å²) in [6, 6.07) is 10.4. The van der Waals surface area contributed by atoms with Gasteiger partial charge >= 0.3 is 12.0 Å². The van der Waals surface area contributed by atoms with Crippen molar-refractivity contribution < 1.29 is 19.1 Å². The number of hydrogen-bond donors (Lipinski definition) is 3. The molecule has 0 spiro atoms. The molecule has 1 aromatic carbocycles. The molecular formula is C18H19ClN4O4. The summed E-state index contributed by atoms with van der Waals surface area (Å²) < 4.78 is 5.08. The number of esters is 1. The molecule has 9 heteroatoms. The first kappa shape index (κ1) is 20.2. The number of halogens is 1. The Morgan fingerprint density at radius 3 is 2.41 bits per heavy atom. The zero-order chi connectivity index (χ0) is 19.8. The number of aromatic nitrogens is 1. The third-order valence-corrected chi connectivity index (χ3v) is 3.71. The molecule has 3 amide bonds. The normalized spacial score (nSPS) is 12.4. The van der Waals surface area contributed by atoms with Crippen LogP contribution in [0.4, 0.5) is 16.2 Å². The Morgan fingerprint density at radius 2 is 1.74 bits per heavy atom. The van der Waals surface area contributed by atoms with Crippen molar-refractivity contribution in [3.05, 3.63) is 53.8 Å². The molecular weight excluding hydrogens is 372 g/mol. The van der Waals surface area contributed by atoms with E-state index in [1.165, 1.54) is 20.0 Å². The molecule has 2 aromatic rings. The Labute approximate surface area is 161 Å². The molecule has 27 heavy (non-hydrogen) atoms. The molecule has 1 heterocycles. The molecule has 0 radical (unpaired) electrons. The number of carbonyl (C=O) groups excluding carboxylic acids is 3. The number of urea groups is 1. The van der Waals surface area contributed by atoms with Gasteiger partial charge in [0.25, 0.3) is 5.91 Å². The maximum Gasteiger partial charge on any atom is 0.329 e. The summed E-state index contributed by atoms with van der Waals surface area (Å²) >= 11 is 5.86. The van der Waals surface area contributed by atoms with E-state index in [4.69, 9.17) is 16.3 Å². The van der Waals surface area contributed by atoms with Crippen LogP contribution in [-0.4, -0.2) is 35.0 Å². The summed E-state index contributed by atoms with van der Waals surface area (Å²) in [5, 5.41) is 7.67. The van der Waals surface area contributed by atoms with E-state index in [1.54, 1.807) is 36.4 Å². The number of carbonyl (C=O) groups is 3. The van der Waals surface area contributed by atoms with Crippen LogP contribution < -0.4 is 16.0 Å². The van der Waals surface area contributed by atoms with Crippen molar-refractivity contribution in [3.8, 4) is 0 Å². The zero-order valence-electron chi connectivity index (χ0n) is 14.7. The molecule has 0 aliphatic carbocycles. The van der Waals surface area contributed by atoms with E-state index in [-0.39, 0.29) is 5.15 Å². The Bertz CT molecular complexity index is 816. The van der Waals surface area contributed by atoms with Crippen LogP contribution in [0.2, 0.25) is 5.15 Å². The fourth-order valence-corrected chi connectivity index (χ4v) is 2.15. The number of rotatable bonds is 6. The number of anilines is 2. The zero-order valence-corrected chi connectivity index (χ0v) is 15.5. The molecule has 0 saturated heterocycles. The van der Waals surface area contributed by atoms with Gasteiger partial charge in [-0.2, -0.15) is 0 Å². The molecule has 0 unspecified atom stereocenters. The van der Waals surface area contributed by atoms with Gasteiger partial charge in [-0.1, -0.05) is 29.8 Å². The Hall–Kier alpha value is -3.13. The highest BCUT2D eigenvalue weighted by Crippen LogP contribution is 2.17. The number of para-hydroxylation sites is 1. The molecule has 0 fully saturated rings. The monoisotopic (exact) mass is 390 g/mol. The van der Waals surface area contributed by atoms with Crippen LogP contribution in [0, 0.1) is 0 Å². The van der Waals surface area contributed by atoms with Crippen LogP contribution in [-0.2, 0) is 14.3 Å². The summed E-state index contributed by atoms with van der Waals surface area (Å²) in [4.78, 5) is 39.9. The summed E-state index contributed by atoms with van der Waals surface area (Å²) in [6.07, 6.45) is 0.394. The highest BCUT2D eigenvalue weighted by Gasteiger charge is 2.23. The summed E-state index contributed by atoms with van der Waals surface area (Å²) in [5.41, 5.74) is 0.886. The van der Waals surface area contributed by atoms with Crippen molar-refractivity contribution in [3.63, 3.8) is 0 Å². The predicted octanol–water partition coefficient (Wildman–Crippen LogP) is 2.82. The third-order valence-electron chi connectivity index (χ3n) is 3.41. The van der Waals surface area contributed by atoms with Crippen LogP contribution in [0.25, 0.3) is 0 Å². The molecule has 0 aliphatic heterocycles. The van der Waals surface area contributed by atoms with Gasteiger partial charge in [-0.05, 0) is 38.1 Å². The largest absolute Gasteiger partial charge is 0.451 e. The Morgan fingerprint density at radius 1 is 1.04 bits per heavy atom. The second kappa shape index (κ2) is 9.54. The van der Waals surface area contributed by atoms with E-state index >= 15 is 0 Å². The van der Waals surface area contributed by atoms with E-state index in [1.807, 2.05) is 6.07 Å². The molecule has 0 saturated carbocycles. The van der Waals surface area contributed by atoms with E-state index in [9.17, 15) is 14.4 Å². The van der Waals surface area contributed by atoms with Crippen molar-refractivity contribution in [2.24, 2.45) is 0 Å². The first-order valence-electron chi connectivity index (χ1n) is 8.11. The van der Waals surface area contributed by atoms with E-state index in [2.05, 4.69) is 20.9 Å². The van der Waals surface area contributed by atoms with Crippen molar-refractivity contribution in [1.29, 1.82) is 0 Å². The number of nitrogens with one attached hydrogen (secondary N) is 3. The van der Waals surface area contributed by atoms with E-state index < -0.39 is 30.1 Å². The molecule has 142 valence electrons. The quantitative estimate of drug-likeness (QED) is 0.519. The molecule has 2 atom stereocenters. The predicted molar refractivity (Wildman–Crippen MR) is 101 cm³/mol. The standard InChI is InChI=1S/C18H19ClN4O4/c1-11(21-18(26)22-13-7-4-3-5-8-13)17(25)27-12(2)16(24)23-14-9-6-10-20-15(14)19/h3-12H,1-2H3,(H,23,24)(H2,21,22,26)/t11-,12+/m0/s1. The van der Waals surface area contributed by atoms with Crippen molar-refractivity contribution >= 4 is 40.9 Å². The number of pyridine rings is 1. The Balaban J connectivity index is 1.83. The van der Waals surface area contributed by atoms with Crippen molar-refractivity contribution in [1.82, 2.24) is 10.3 Å². The number of nitrogens with zero attached hydrogens (tertiary/aromatic N) is 1. The Kier molecular flexibility index (Phi) is 7.13. The van der Waals surface area contributed by atoms with Crippen LogP contribution in [0.5, 0.6) is 0 Å². The number of benzene rings is 1. The van der Waals surface area contributed by atoms with E-state index in [0.29, 0.717) is 11.4 Å². The summed E-state index contributed by atoms with van der Waals surface area (Å²) in [7, 11) is 0. The fraction of sp³-hybridized carbons (Fsp3) is 0.222. The van der Waals surface area contributed by atoms with Gasteiger partial charge in [0.1, 0.15) is 6.04 Å². The van der Waals surface area contributed by atoms with Gasteiger partial charge in [0, 0.05) is 11.9 Å². The SMILES string of the molecule is C[C@H](NC(=O)Nc1ccccc1)C(=O)O[C@H](C)C(=O)Nc1cccnc1Cl. The molecule has 0 aliphatic rings. The highest BCUT2D eigenvalue weighted by atomic mass is 35.5.